The fourth-order valence-corrected chi connectivity index (χ4v) is 6.85. The molecule has 2 heterocycles. The van der Waals surface area contributed by atoms with Crippen molar-refractivity contribution in [2.45, 2.75) is 65.0 Å². The Bertz CT molecular complexity index is 939. The normalized spacial score (nSPS) is 34.9. The summed E-state index contributed by atoms with van der Waals surface area (Å²) in [7, 11) is 0. The van der Waals surface area contributed by atoms with Crippen molar-refractivity contribution in [1.29, 1.82) is 0 Å². The van der Waals surface area contributed by atoms with E-state index in [0.717, 1.165) is 25.0 Å². The van der Waals surface area contributed by atoms with Crippen LogP contribution in [-0.2, 0) is 9.53 Å². The lowest BCUT2D eigenvalue weighted by Gasteiger charge is -2.53. The number of nitrogens with zero attached hydrogens (tertiary/aromatic N) is 1. The number of aromatic nitrogens is 1. The van der Waals surface area contributed by atoms with Crippen LogP contribution in [0.2, 0.25) is 0 Å². The van der Waals surface area contributed by atoms with E-state index in [1.807, 2.05) is 12.3 Å². The zero-order valence-corrected chi connectivity index (χ0v) is 17.8. The minimum Gasteiger partial charge on any atom is -0.373 e. The number of rotatable bonds is 4. The molecule has 5 atom stereocenters. The smallest absolute Gasteiger partial charge is 0.220 e. The predicted octanol–water partition coefficient (Wildman–Crippen LogP) is 5.03. The maximum atomic E-state index is 12.6. The molecule has 2 aromatic rings. The van der Waals surface area contributed by atoms with Crippen molar-refractivity contribution in [2.75, 3.05) is 6.61 Å². The van der Waals surface area contributed by atoms with E-state index in [0.29, 0.717) is 18.3 Å². The van der Waals surface area contributed by atoms with E-state index in [4.69, 9.17) is 4.74 Å². The first-order chi connectivity index (χ1) is 14.0. The number of carbonyl (C=O) groups excluding carboxylic acids is 1. The van der Waals surface area contributed by atoms with Crippen LogP contribution in [0.1, 0.15) is 64.5 Å². The second-order valence-corrected chi connectivity index (χ2v) is 10.0. The Morgan fingerprint density at radius 2 is 2.17 bits per heavy atom. The molecule has 0 radical (unpaired) electrons. The lowest BCUT2D eigenvalue weighted by Crippen LogP contribution is -2.58. The highest BCUT2D eigenvalue weighted by molar-refractivity contribution is 5.79. The number of hydrogen-bond donors (Lipinski definition) is 1. The van der Waals surface area contributed by atoms with Crippen LogP contribution in [-0.4, -0.2) is 23.5 Å². The lowest BCUT2D eigenvalue weighted by molar-refractivity contribution is -0.137. The van der Waals surface area contributed by atoms with Gasteiger partial charge in [-0.3, -0.25) is 9.78 Å². The maximum absolute atomic E-state index is 12.6. The van der Waals surface area contributed by atoms with Gasteiger partial charge in [0.1, 0.15) is 0 Å². The molecule has 1 aliphatic heterocycles. The van der Waals surface area contributed by atoms with Crippen molar-refractivity contribution in [2.24, 2.45) is 22.7 Å². The van der Waals surface area contributed by atoms with Gasteiger partial charge in [0.05, 0.1) is 11.6 Å². The molecule has 29 heavy (non-hydrogen) atoms. The number of benzene rings is 1. The Morgan fingerprint density at radius 1 is 1.31 bits per heavy atom. The fraction of sp³-hybridized carbons (Fsp3) is 0.600. The molecular weight excluding hydrogens is 360 g/mol. The van der Waals surface area contributed by atoms with E-state index in [-0.39, 0.29) is 28.9 Å². The number of amides is 1. The Kier molecular flexibility index (Phi) is 4.47. The van der Waals surface area contributed by atoms with E-state index in [2.05, 4.69) is 55.3 Å². The zero-order valence-electron chi connectivity index (χ0n) is 17.8. The van der Waals surface area contributed by atoms with Gasteiger partial charge in [0.25, 0.3) is 0 Å². The van der Waals surface area contributed by atoms with Crippen LogP contribution >= 0.6 is 0 Å². The quantitative estimate of drug-likeness (QED) is 0.794. The Balaban J connectivity index is 1.50. The average Bonchev–Trinajstić information content (AvgIpc) is 3.20. The van der Waals surface area contributed by atoms with Gasteiger partial charge in [-0.1, -0.05) is 32.9 Å². The third kappa shape index (κ3) is 2.83. The molecule has 1 amide bonds. The summed E-state index contributed by atoms with van der Waals surface area (Å²) in [5.41, 5.74) is 2.60. The summed E-state index contributed by atoms with van der Waals surface area (Å²) < 4.78 is 6.41. The first-order valence-corrected chi connectivity index (χ1v) is 11.2. The van der Waals surface area contributed by atoms with Gasteiger partial charge in [-0.05, 0) is 72.1 Å². The lowest BCUT2D eigenvalue weighted by atomic mass is 9.58. The summed E-state index contributed by atoms with van der Waals surface area (Å²) in [5.74, 6) is 1.33. The van der Waals surface area contributed by atoms with Gasteiger partial charge in [0.15, 0.2) is 0 Å². The third-order valence-electron chi connectivity index (χ3n) is 8.24. The van der Waals surface area contributed by atoms with Gasteiger partial charge in [0.2, 0.25) is 5.91 Å². The van der Waals surface area contributed by atoms with Gasteiger partial charge >= 0.3 is 0 Å². The van der Waals surface area contributed by atoms with E-state index in [1.54, 1.807) is 0 Å². The second kappa shape index (κ2) is 6.80. The minimum absolute atomic E-state index is 0.111. The molecule has 1 aromatic heterocycles. The molecule has 1 aromatic carbocycles. The van der Waals surface area contributed by atoms with E-state index >= 15 is 0 Å². The van der Waals surface area contributed by atoms with Crippen LogP contribution in [0.3, 0.4) is 0 Å². The predicted molar refractivity (Wildman–Crippen MR) is 114 cm³/mol. The molecule has 3 aliphatic rings. The molecule has 4 heteroatoms. The molecule has 2 aliphatic carbocycles. The van der Waals surface area contributed by atoms with Crippen molar-refractivity contribution in [3.63, 3.8) is 0 Å². The third-order valence-corrected chi connectivity index (χ3v) is 8.24. The van der Waals surface area contributed by atoms with Crippen molar-refractivity contribution in [3.8, 4) is 0 Å². The van der Waals surface area contributed by atoms with Crippen molar-refractivity contribution >= 4 is 16.8 Å². The summed E-state index contributed by atoms with van der Waals surface area (Å²) in [6.07, 6.45) is 6.95. The SMILES string of the molecule is CCCC(=O)N[C@H]1C(C)(C)[C@@H]2C[C@@H]3[C@@H](c4ccc5ncccc5c4)OCCC31C2. The molecule has 1 spiro atoms. The van der Waals surface area contributed by atoms with Crippen LogP contribution in [0.4, 0.5) is 0 Å². The molecule has 1 saturated heterocycles. The number of hydrogen-bond acceptors (Lipinski definition) is 3. The largest absolute Gasteiger partial charge is 0.373 e. The number of pyridine rings is 1. The van der Waals surface area contributed by atoms with Gasteiger partial charge in [0, 0.05) is 30.7 Å². The van der Waals surface area contributed by atoms with Crippen LogP contribution in [0, 0.1) is 22.7 Å². The van der Waals surface area contributed by atoms with E-state index < -0.39 is 0 Å². The average molecular weight is 393 g/mol. The highest BCUT2D eigenvalue weighted by Gasteiger charge is 2.68. The molecule has 1 N–H and O–H groups in total. The summed E-state index contributed by atoms with van der Waals surface area (Å²) in [5, 5.41) is 4.66. The van der Waals surface area contributed by atoms with Gasteiger partial charge in [-0.25, -0.2) is 0 Å². The summed E-state index contributed by atoms with van der Waals surface area (Å²) in [6.45, 7) is 7.58. The molecule has 3 fully saturated rings. The molecule has 5 rings (SSSR count). The molecule has 2 bridgehead atoms. The Morgan fingerprint density at radius 3 is 3.00 bits per heavy atom. The van der Waals surface area contributed by atoms with Crippen LogP contribution in [0.25, 0.3) is 10.9 Å². The molecule has 154 valence electrons. The summed E-state index contributed by atoms with van der Waals surface area (Å²) >= 11 is 0. The monoisotopic (exact) mass is 392 g/mol. The van der Waals surface area contributed by atoms with Crippen LogP contribution < -0.4 is 5.32 Å². The highest BCUT2D eigenvalue weighted by Crippen LogP contribution is 2.70. The zero-order chi connectivity index (χ0) is 20.2. The number of ether oxygens (including phenoxy) is 1. The van der Waals surface area contributed by atoms with Gasteiger partial charge in [-0.15, -0.1) is 0 Å². The first-order valence-electron chi connectivity index (χ1n) is 11.2. The molecule has 2 saturated carbocycles. The number of fused-ring (bicyclic) bond motifs is 2. The minimum atomic E-state index is 0.111. The first kappa shape index (κ1) is 19.0. The Hall–Kier alpha value is -1.94. The molecular formula is C25H32N2O2. The summed E-state index contributed by atoms with van der Waals surface area (Å²) in [4.78, 5) is 17.0. The van der Waals surface area contributed by atoms with E-state index in [9.17, 15) is 4.79 Å². The molecule has 1 unspecified atom stereocenters. The van der Waals surface area contributed by atoms with Gasteiger partial charge < -0.3 is 10.1 Å². The summed E-state index contributed by atoms with van der Waals surface area (Å²) in [6, 6.07) is 10.9. The van der Waals surface area contributed by atoms with Crippen molar-refractivity contribution in [1.82, 2.24) is 10.3 Å². The van der Waals surface area contributed by atoms with E-state index in [1.165, 1.54) is 23.8 Å². The fourth-order valence-electron chi connectivity index (χ4n) is 6.85. The second-order valence-electron chi connectivity index (χ2n) is 10.0. The standard InChI is InChI=1S/C25H32N2O2/c1-4-6-21(28)27-23-24(2,3)18-14-19-22(29-12-10-25(19,23)15-18)17-8-9-20-16(13-17)7-5-11-26-20/h5,7-9,11,13,18-19,22-23H,4,6,10,12,14-15H2,1-3H3,(H,27,28)/t18-,19-,22-,23+,25?/m1/s1. The van der Waals surface area contributed by atoms with Crippen LogP contribution in [0.5, 0.6) is 0 Å². The van der Waals surface area contributed by atoms with Crippen molar-refractivity contribution in [3.05, 3.63) is 42.1 Å². The highest BCUT2D eigenvalue weighted by atomic mass is 16.5. The maximum Gasteiger partial charge on any atom is 0.220 e. The molecule has 4 nitrogen and oxygen atoms in total. The number of carbonyl (C=O) groups is 1. The van der Waals surface area contributed by atoms with Crippen LogP contribution in [0.15, 0.2) is 36.5 Å². The van der Waals surface area contributed by atoms with Crippen molar-refractivity contribution < 1.29 is 9.53 Å². The van der Waals surface area contributed by atoms with Gasteiger partial charge in [-0.2, -0.15) is 0 Å². The topological polar surface area (TPSA) is 51.2 Å². The number of nitrogens with one attached hydrogen (secondary N) is 1. The Labute approximate surface area is 173 Å².